The number of hydrogen-bond donors (Lipinski definition) is 1. The van der Waals surface area contributed by atoms with Gasteiger partial charge in [0.1, 0.15) is 24.8 Å². The van der Waals surface area contributed by atoms with E-state index >= 15 is 0 Å². The molecule has 1 unspecified atom stereocenters. The van der Waals surface area contributed by atoms with Crippen LogP contribution in [0.5, 0.6) is 0 Å². The van der Waals surface area contributed by atoms with Crippen LogP contribution in [0.2, 0.25) is 0 Å². The van der Waals surface area contributed by atoms with Gasteiger partial charge in [0.05, 0.1) is 0 Å². The Morgan fingerprint density at radius 2 is 2.12 bits per heavy atom. The second-order valence-corrected chi connectivity index (χ2v) is 6.28. The Kier molecular flexibility index (Phi) is 5.85. The molecule has 1 N–H and O–H groups in total. The zero-order chi connectivity index (χ0) is 17.6. The average Bonchev–Trinajstić information content (AvgIpc) is 3.30. The van der Waals surface area contributed by atoms with E-state index in [1.54, 1.807) is 4.68 Å². The summed E-state index contributed by atoms with van der Waals surface area (Å²) in [5.41, 5.74) is 0. The number of carbonyl (C=O) groups is 1. The maximum atomic E-state index is 12.4. The fraction of sp³-hybridized carbons (Fsp3) is 0.750. The first kappa shape index (κ1) is 17.7. The molecule has 9 heteroatoms. The molecule has 9 nitrogen and oxygen atoms in total. The molecule has 2 aliphatic heterocycles. The van der Waals surface area contributed by atoms with Crippen molar-refractivity contribution >= 4 is 11.9 Å². The molecule has 1 amide bonds. The molecule has 0 aliphatic carbocycles. The third-order valence-electron chi connectivity index (χ3n) is 4.61. The summed E-state index contributed by atoms with van der Waals surface area (Å²) in [6.45, 7) is 6.97. The lowest BCUT2D eigenvalue weighted by molar-refractivity contribution is -0.142. The Bertz CT molecular complexity index is 601. The molecule has 3 rings (SSSR count). The van der Waals surface area contributed by atoms with Crippen LogP contribution in [-0.4, -0.2) is 81.9 Å². The van der Waals surface area contributed by atoms with Gasteiger partial charge in [-0.05, 0) is 19.8 Å². The van der Waals surface area contributed by atoms with Crippen molar-refractivity contribution in [2.24, 2.45) is 12.0 Å². The van der Waals surface area contributed by atoms with Crippen molar-refractivity contribution in [1.29, 1.82) is 0 Å². The maximum absolute atomic E-state index is 12.4. The first-order valence-corrected chi connectivity index (χ1v) is 8.95. The van der Waals surface area contributed by atoms with Gasteiger partial charge in [-0.1, -0.05) is 0 Å². The summed E-state index contributed by atoms with van der Waals surface area (Å²) >= 11 is 0. The van der Waals surface area contributed by atoms with Crippen LogP contribution in [-0.2, 0) is 23.1 Å². The minimum absolute atomic E-state index is 0.137. The lowest BCUT2D eigenvalue weighted by atomic mass is 10.2. The molecule has 1 atom stereocenters. The Labute approximate surface area is 148 Å². The minimum Gasteiger partial charge on any atom is -0.368 e. The van der Waals surface area contributed by atoms with Crippen LogP contribution < -0.4 is 5.32 Å². The van der Waals surface area contributed by atoms with Gasteiger partial charge in [-0.25, -0.2) is 9.98 Å². The summed E-state index contributed by atoms with van der Waals surface area (Å²) < 4.78 is 7.24. The fourth-order valence-electron chi connectivity index (χ4n) is 3.15. The van der Waals surface area contributed by atoms with Gasteiger partial charge >= 0.3 is 0 Å². The van der Waals surface area contributed by atoms with Gasteiger partial charge in [-0.2, -0.15) is 5.10 Å². The van der Waals surface area contributed by atoms with Crippen LogP contribution in [0.3, 0.4) is 0 Å². The van der Waals surface area contributed by atoms with Gasteiger partial charge in [-0.3, -0.25) is 9.48 Å². The highest BCUT2D eigenvalue weighted by Gasteiger charge is 2.30. The lowest BCUT2D eigenvalue weighted by Crippen LogP contribution is -2.55. The number of nitrogens with one attached hydrogen (secondary N) is 1. The second kappa shape index (κ2) is 8.28. The number of hydrogen-bond acceptors (Lipinski definition) is 5. The number of amides is 1. The van der Waals surface area contributed by atoms with E-state index in [0.29, 0.717) is 26.2 Å². The van der Waals surface area contributed by atoms with Gasteiger partial charge in [-0.15, -0.1) is 0 Å². The molecule has 3 heterocycles. The van der Waals surface area contributed by atoms with Gasteiger partial charge < -0.3 is 19.9 Å². The smallest absolute Gasteiger partial charge is 0.251 e. The van der Waals surface area contributed by atoms with Crippen LogP contribution in [0.15, 0.2) is 11.3 Å². The van der Waals surface area contributed by atoms with Crippen LogP contribution in [0.25, 0.3) is 0 Å². The molecule has 2 aliphatic rings. The van der Waals surface area contributed by atoms with E-state index in [1.165, 1.54) is 6.33 Å². The number of ether oxygens (including phenoxy) is 1. The zero-order valence-electron chi connectivity index (χ0n) is 15.0. The summed E-state index contributed by atoms with van der Waals surface area (Å²) in [7, 11) is 1.86. The highest BCUT2D eigenvalue weighted by molar-refractivity contribution is 5.82. The maximum Gasteiger partial charge on any atom is 0.251 e. The molecule has 25 heavy (non-hydrogen) atoms. The van der Waals surface area contributed by atoms with E-state index in [9.17, 15) is 4.79 Å². The number of guanidine groups is 1. The number of carbonyl (C=O) groups excluding carboxylic acids is 1. The van der Waals surface area contributed by atoms with Crippen LogP contribution in [0.1, 0.15) is 25.6 Å². The van der Waals surface area contributed by atoms with Crippen molar-refractivity contribution in [3.8, 4) is 0 Å². The number of piperazine rings is 1. The first-order chi connectivity index (χ1) is 12.2. The van der Waals surface area contributed by atoms with Crippen LogP contribution >= 0.6 is 0 Å². The molecule has 0 bridgehead atoms. The normalized spacial score (nSPS) is 21.7. The fourth-order valence-corrected chi connectivity index (χ4v) is 3.15. The largest absolute Gasteiger partial charge is 0.368 e. The summed E-state index contributed by atoms with van der Waals surface area (Å²) in [5, 5.41) is 7.39. The second-order valence-electron chi connectivity index (χ2n) is 6.28. The van der Waals surface area contributed by atoms with Gasteiger partial charge in [0.25, 0.3) is 5.91 Å². The van der Waals surface area contributed by atoms with E-state index in [1.807, 2.05) is 11.9 Å². The third kappa shape index (κ3) is 4.28. The molecule has 1 aromatic heterocycles. The van der Waals surface area contributed by atoms with E-state index in [0.717, 1.165) is 44.3 Å². The summed E-state index contributed by atoms with van der Waals surface area (Å²) in [6.07, 6.45) is 3.13. The Balaban J connectivity index is 1.56. The topological polar surface area (TPSA) is 87.9 Å². The molecule has 0 radical (unpaired) electrons. The van der Waals surface area contributed by atoms with Gasteiger partial charge in [0, 0.05) is 46.4 Å². The predicted molar refractivity (Wildman–Crippen MR) is 92.9 cm³/mol. The van der Waals surface area contributed by atoms with Crippen molar-refractivity contribution < 1.29 is 9.53 Å². The van der Waals surface area contributed by atoms with Crippen molar-refractivity contribution in [2.75, 3.05) is 39.3 Å². The monoisotopic (exact) mass is 349 g/mol. The van der Waals surface area contributed by atoms with Gasteiger partial charge in [0.15, 0.2) is 5.96 Å². The molecular weight excluding hydrogens is 322 g/mol. The van der Waals surface area contributed by atoms with Crippen LogP contribution in [0, 0.1) is 0 Å². The molecule has 1 aromatic rings. The molecule has 2 saturated heterocycles. The quantitative estimate of drug-likeness (QED) is 0.588. The molecule has 0 aromatic carbocycles. The van der Waals surface area contributed by atoms with E-state index in [2.05, 4.69) is 32.2 Å². The highest BCUT2D eigenvalue weighted by atomic mass is 16.5. The van der Waals surface area contributed by atoms with Crippen LogP contribution in [0.4, 0.5) is 0 Å². The van der Waals surface area contributed by atoms with Gasteiger partial charge in [0.2, 0.25) is 0 Å². The number of aliphatic imine (C=N–C) groups is 1. The van der Waals surface area contributed by atoms with Crippen molar-refractivity contribution in [2.45, 2.75) is 32.4 Å². The molecule has 0 spiro atoms. The lowest BCUT2D eigenvalue weighted by Gasteiger charge is -2.37. The Morgan fingerprint density at radius 1 is 1.36 bits per heavy atom. The predicted octanol–water partition coefficient (Wildman–Crippen LogP) is -0.396. The van der Waals surface area contributed by atoms with E-state index in [4.69, 9.17) is 4.74 Å². The Hall–Kier alpha value is -2.16. The molecule has 138 valence electrons. The highest BCUT2D eigenvalue weighted by Crippen LogP contribution is 2.16. The van der Waals surface area contributed by atoms with Crippen molar-refractivity contribution in [3.63, 3.8) is 0 Å². The first-order valence-electron chi connectivity index (χ1n) is 8.95. The van der Waals surface area contributed by atoms with E-state index < -0.39 is 0 Å². The molecule has 2 fully saturated rings. The number of nitrogens with zero attached hydrogens (tertiary/aromatic N) is 6. The summed E-state index contributed by atoms with van der Waals surface area (Å²) in [6, 6.07) is 0. The molecular formula is C16H27N7O2. The zero-order valence-corrected chi connectivity index (χ0v) is 15.0. The number of rotatable bonds is 4. The third-order valence-corrected chi connectivity index (χ3v) is 4.61. The van der Waals surface area contributed by atoms with Crippen molar-refractivity contribution in [3.05, 3.63) is 12.2 Å². The summed E-state index contributed by atoms with van der Waals surface area (Å²) in [5.74, 6) is 1.82. The minimum atomic E-state index is -0.232. The number of aryl methyl sites for hydroxylation is 1. The average molecular weight is 349 g/mol. The Morgan fingerprint density at radius 3 is 2.72 bits per heavy atom. The molecule has 0 saturated carbocycles. The van der Waals surface area contributed by atoms with E-state index in [-0.39, 0.29) is 12.0 Å². The summed E-state index contributed by atoms with van der Waals surface area (Å²) in [4.78, 5) is 25.4. The standard InChI is InChI=1S/C16H27N7O2/c1-3-17-16(18-11-14-19-12-20-21(14)2)23-8-6-22(7-9-23)15(24)13-5-4-10-25-13/h12-13H,3-11H2,1-2H3,(H,17,18). The van der Waals surface area contributed by atoms with Crippen molar-refractivity contribution in [1.82, 2.24) is 29.9 Å². The number of aromatic nitrogens is 3. The SMILES string of the molecule is CCNC(=NCc1ncnn1C)N1CCN(C(=O)C2CCCO2)CC1.